The molecule has 0 radical (unpaired) electrons. The second kappa shape index (κ2) is 5.53. The van der Waals surface area contributed by atoms with Crippen molar-refractivity contribution in [1.82, 2.24) is 24.9 Å². The summed E-state index contributed by atoms with van der Waals surface area (Å²) in [5, 5.41) is 3.59. The highest BCUT2D eigenvalue weighted by Crippen LogP contribution is 2.38. The normalized spacial score (nSPS) is 11.9. The van der Waals surface area contributed by atoms with Gasteiger partial charge in [0.1, 0.15) is 11.0 Å². The summed E-state index contributed by atoms with van der Waals surface area (Å²) in [7, 11) is 0. The molecule has 0 fully saturated rings. The minimum Gasteiger partial charge on any atom is -0.345 e. The van der Waals surface area contributed by atoms with Gasteiger partial charge in [-0.3, -0.25) is 9.97 Å². The maximum Gasteiger partial charge on any atom is 0.142 e. The summed E-state index contributed by atoms with van der Waals surface area (Å²) in [6.07, 6.45) is 3.58. The van der Waals surface area contributed by atoms with E-state index in [4.69, 9.17) is 16.6 Å². The Morgan fingerprint density at radius 1 is 0.821 bits per heavy atom. The van der Waals surface area contributed by atoms with Crippen LogP contribution in [0.2, 0.25) is 5.15 Å². The van der Waals surface area contributed by atoms with E-state index in [2.05, 4.69) is 39.0 Å². The number of aromatic amines is 2. The summed E-state index contributed by atoms with van der Waals surface area (Å²) in [5.41, 5.74) is 6.57. The van der Waals surface area contributed by atoms with Crippen LogP contribution < -0.4 is 0 Å². The highest BCUT2D eigenvalue weighted by Gasteiger charge is 2.19. The number of imidazole rings is 1. The summed E-state index contributed by atoms with van der Waals surface area (Å²) in [5.74, 6) is 0.735. The number of aryl methyl sites for hydroxylation is 1. The minimum absolute atomic E-state index is 0.574. The van der Waals surface area contributed by atoms with Crippen molar-refractivity contribution in [3.05, 3.63) is 65.6 Å². The van der Waals surface area contributed by atoms with Crippen molar-refractivity contribution >= 4 is 55.3 Å². The lowest BCUT2D eigenvalue weighted by Crippen LogP contribution is -1.86. The van der Waals surface area contributed by atoms with E-state index in [1.165, 1.54) is 5.56 Å². The molecule has 6 rings (SSSR count). The maximum absolute atomic E-state index is 6.58. The Kier molecular flexibility index (Phi) is 3.08. The van der Waals surface area contributed by atoms with Gasteiger partial charge in [0.05, 0.1) is 27.6 Å². The smallest absolute Gasteiger partial charge is 0.142 e. The van der Waals surface area contributed by atoms with E-state index < -0.39 is 0 Å². The third-order valence-electron chi connectivity index (χ3n) is 5.21. The van der Waals surface area contributed by atoms with E-state index in [1.54, 1.807) is 12.4 Å². The quantitative estimate of drug-likeness (QED) is 0.354. The van der Waals surface area contributed by atoms with Crippen LogP contribution in [0.5, 0.6) is 0 Å². The van der Waals surface area contributed by atoms with Gasteiger partial charge in [-0.2, -0.15) is 0 Å². The number of nitrogens with zero attached hydrogens (tertiary/aromatic N) is 3. The van der Waals surface area contributed by atoms with Gasteiger partial charge in [-0.15, -0.1) is 0 Å². The summed E-state index contributed by atoms with van der Waals surface area (Å²) >= 11 is 6.58. The molecule has 0 aliphatic heterocycles. The highest BCUT2D eigenvalue weighted by atomic mass is 35.5. The van der Waals surface area contributed by atoms with Gasteiger partial charge in [0, 0.05) is 34.1 Å². The fourth-order valence-corrected chi connectivity index (χ4v) is 4.26. The number of fused-ring (bicyclic) bond motifs is 7. The standard InChI is InChI=1S/C22H14ClN5/c1-11-6-7-15-14(10-11)16(21(23)26-15)22-27-19-12-4-2-8-24-17(12)18-13(20(19)28-22)5-3-9-25-18/h2-10,26H,1H3,(H,27,28). The second-order valence-electron chi connectivity index (χ2n) is 6.97. The third-order valence-corrected chi connectivity index (χ3v) is 5.50. The molecule has 0 unspecified atom stereocenters. The third kappa shape index (κ3) is 2.05. The van der Waals surface area contributed by atoms with Gasteiger partial charge in [0.15, 0.2) is 0 Å². The summed E-state index contributed by atoms with van der Waals surface area (Å²) in [6, 6.07) is 14.2. The molecule has 0 bridgehead atoms. The molecule has 0 aliphatic rings. The molecule has 4 aromatic heterocycles. The van der Waals surface area contributed by atoms with E-state index in [-0.39, 0.29) is 0 Å². The average Bonchev–Trinajstić information content (AvgIpc) is 3.28. The number of nitrogens with one attached hydrogen (secondary N) is 2. The van der Waals surface area contributed by atoms with E-state index in [1.807, 2.05) is 30.3 Å². The Morgan fingerprint density at radius 2 is 1.57 bits per heavy atom. The Bertz CT molecular complexity index is 1470. The molecule has 0 aliphatic carbocycles. The molecule has 5 nitrogen and oxygen atoms in total. The summed E-state index contributed by atoms with van der Waals surface area (Å²) in [4.78, 5) is 20.8. The largest absolute Gasteiger partial charge is 0.345 e. The summed E-state index contributed by atoms with van der Waals surface area (Å²) < 4.78 is 0. The van der Waals surface area contributed by atoms with Gasteiger partial charge < -0.3 is 9.97 Å². The highest BCUT2D eigenvalue weighted by molar-refractivity contribution is 6.34. The monoisotopic (exact) mass is 383 g/mol. The van der Waals surface area contributed by atoms with Crippen LogP contribution in [0.1, 0.15) is 5.56 Å². The molecule has 28 heavy (non-hydrogen) atoms. The average molecular weight is 384 g/mol. The number of pyridine rings is 2. The van der Waals surface area contributed by atoms with Crippen LogP contribution >= 0.6 is 11.6 Å². The van der Waals surface area contributed by atoms with Crippen molar-refractivity contribution < 1.29 is 0 Å². The summed E-state index contributed by atoms with van der Waals surface area (Å²) in [6.45, 7) is 2.07. The van der Waals surface area contributed by atoms with Gasteiger partial charge in [0.25, 0.3) is 0 Å². The van der Waals surface area contributed by atoms with Crippen molar-refractivity contribution in [2.24, 2.45) is 0 Å². The van der Waals surface area contributed by atoms with Gasteiger partial charge in [-0.1, -0.05) is 23.2 Å². The lowest BCUT2D eigenvalue weighted by Gasteiger charge is -2.03. The number of halogens is 1. The molecule has 0 saturated carbocycles. The van der Waals surface area contributed by atoms with Crippen molar-refractivity contribution in [3.63, 3.8) is 0 Å². The molecule has 0 saturated heterocycles. The molecule has 0 spiro atoms. The van der Waals surface area contributed by atoms with Gasteiger partial charge in [-0.25, -0.2) is 4.98 Å². The molecular weight excluding hydrogens is 370 g/mol. The van der Waals surface area contributed by atoms with Gasteiger partial charge in [-0.05, 0) is 43.3 Å². The Hall–Kier alpha value is -3.44. The Labute approximate surface area is 164 Å². The zero-order chi connectivity index (χ0) is 18.8. The predicted molar refractivity (Wildman–Crippen MR) is 114 cm³/mol. The molecule has 6 heteroatoms. The molecule has 6 aromatic rings. The van der Waals surface area contributed by atoms with Crippen molar-refractivity contribution in [2.45, 2.75) is 6.92 Å². The van der Waals surface area contributed by atoms with E-state index >= 15 is 0 Å². The Morgan fingerprint density at radius 3 is 2.39 bits per heavy atom. The zero-order valence-corrected chi connectivity index (χ0v) is 15.7. The first-order valence-corrected chi connectivity index (χ1v) is 9.38. The van der Waals surface area contributed by atoms with Crippen LogP contribution in [0, 0.1) is 6.92 Å². The molecule has 2 aromatic carbocycles. The lowest BCUT2D eigenvalue weighted by molar-refractivity contribution is 1.34. The topological polar surface area (TPSA) is 70.2 Å². The first-order chi connectivity index (χ1) is 13.7. The van der Waals surface area contributed by atoms with Crippen LogP contribution in [0.25, 0.3) is 55.1 Å². The lowest BCUT2D eigenvalue weighted by atomic mass is 10.1. The molecular formula is C22H14ClN5. The number of benzene rings is 2. The van der Waals surface area contributed by atoms with Crippen molar-refractivity contribution in [3.8, 4) is 11.4 Å². The van der Waals surface area contributed by atoms with Crippen LogP contribution in [0.4, 0.5) is 0 Å². The predicted octanol–water partition coefficient (Wildman–Crippen LogP) is 5.77. The number of H-pyrrole nitrogens is 2. The number of aromatic nitrogens is 5. The molecule has 134 valence electrons. The zero-order valence-electron chi connectivity index (χ0n) is 14.9. The molecule has 0 amide bonds. The van der Waals surface area contributed by atoms with E-state index in [0.29, 0.717) is 5.15 Å². The van der Waals surface area contributed by atoms with Crippen LogP contribution in [-0.2, 0) is 0 Å². The number of hydrogen-bond donors (Lipinski definition) is 2. The van der Waals surface area contributed by atoms with E-state index in [0.717, 1.165) is 55.1 Å². The van der Waals surface area contributed by atoms with Crippen LogP contribution in [-0.4, -0.2) is 24.9 Å². The van der Waals surface area contributed by atoms with Crippen molar-refractivity contribution in [1.29, 1.82) is 0 Å². The number of hydrogen-bond acceptors (Lipinski definition) is 3. The molecule has 4 heterocycles. The van der Waals surface area contributed by atoms with Crippen LogP contribution in [0.3, 0.4) is 0 Å². The van der Waals surface area contributed by atoms with E-state index in [9.17, 15) is 0 Å². The molecule has 2 N–H and O–H groups in total. The maximum atomic E-state index is 6.58. The fourth-order valence-electron chi connectivity index (χ4n) is 3.97. The van der Waals surface area contributed by atoms with Gasteiger partial charge in [0.2, 0.25) is 0 Å². The van der Waals surface area contributed by atoms with Crippen LogP contribution in [0.15, 0.2) is 54.9 Å². The first-order valence-electron chi connectivity index (χ1n) is 9.00. The first kappa shape index (κ1) is 15.6. The van der Waals surface area contributed by atoms with Gasteiger partial charge >= 0.3 is 0 Å². The van der Waals surface area contributed by atoms with Crippen molar-refractivity contribution in [2.75, 3.05) is 0 Å². The minimum atomic E-state index is 0.574. The number of rotatable bonds is 1. The molecule has 0 atom stereocenters. The second-order valence-corrected chi connectivity index (χ2v) is 7.35. The SMILES string of the molecule is Cc1ccc2[nH]c(Cl)c(-c3nc4c5cccnc5c5ncccc5c4[nH]3)c2c1. The fraction of sp³-hybridized carbons (Fsp3) is 0.0455. The Balaban J connectivity index is 1.78.